The van der Waals surface area contributed by atoms with Crippen LogP contribution < -0.4 is 0 Å². The summed E-state index contributed by atoms with van der Waals surface area (Å²) in [6.07, 6.45) is 10.6. The molecule has 5 nitrogen and oxygen atoms in total. The summed E-state index contributed by atoms with van der Waals surface area (Å²) in [6.45, 7) is 20.0. The van der Waals surface area contributed by atoms with Gasteiger partial charge in [-0.15, -0.1) is 0 Å². The Balaban J connectivity index is 0.000000136. The lowest BCUT2D eigenvalue weighted by atomic mass is 9.86. The van der Waals surface area contributed by atoms with Crippen LogP contribution in [-0.4, -0.2) is 25.6 Å². The Morgan fingerprint density at radius 1 is 0.692 bits per heavy atom. The number of aromatic amines is 1. The number of hydrogen-bond acceptors (Lipinski definition) is 3. The van der Waals surface area contributed by atoms with Gasteiger partial charge < -0.3 is 9.38 Å². The van der Waals surface area contributed by atoms with Crippen molar-refractivity contribution in [1.29, 1.82) is 0 Å². The first-order valence-corrected chi connectivity index (χ1v) is 13.7. The topological polar surface area (TPSA) is 58.3 Å². The van der Waals surface area contributed by atoms with Gasteiger partial charge in [0.15, 0.2) is 0 Å². The number of rotatable bonds is 0. The standard InChI is InChI=1S/C12H15N.2C11H14N2/c1-12(2,3)10-4-5-11-9(8-10)6-7-13-11;1-11(2,3)9-4-6-13-7-5-12-10(13)8-9;1-11(2,3)8-4-5-9-10(6-8)13-7-12-9/h4-5,7-8H,6H2,1-3H3;4-8H,1-3H3;4-7H,1-3H3,(H,12,13). The second-order valence-electron chi connectivity index (χ2n) is 13.4. The predicted molar refractivity (Wildman–Crippen MR) is 166 cm³/mol. The summed E-state index contributed by atoms with van der Waals surface area (Å²) < 4.78 is 2.02. The molecule has 0 unspecified atom stereocenters. The molecular weight excluding hydrogens is 478 g/mol. The lowest BCUT2D eigenvalue weighted by Gasteiger charge is -2.19. The molecule has 1 N–H and O–H groups in total. The molecule has 0 fully saturated rings. The molecule has 4 heterocycles. The van der Waals surface area contributed by atoms with Crippen molar-refractivity contribution in [3.05, 3.63) is 95.7 Å². The van der Waals surface area contributed by atoms with Crippen LogP contribution in [0.15, 0.2) is 78.4 Å². The van der Waals surface area contributed by atoms with E-state index in [-0.39, 0.29) is 16.2 Å². The molecule has 1 aliphatic rings. The number of H-pyrrole nitrogens is 1. The summed E-state index contributed by atoms with van der Waals surface area (Å²) in [6, 6.07) is 17.2. The van der Waals surface area contributed by atoms with Gasteiger partial charge in [0.25, 0.3) is 0 Å². The van der Waals surface area contributed by atoms with E-state index in [4.69, 9.17) is 0 Å². The molecule has 0 saturated carbocycles. The van der Waals surface area contributed by atoms with Crippen molar-refractivity contribution in [3.63, 3.8) is 0 Å². The molecular formula is C34H43N5. The summed E-state index contributed by atoms with van der Waals surface area (Å²) >= 11 is 0. The second kappa shape index (κ2) is 10.8. The number of nitrogens with zero attached hydrogens (tertiary/aromatic N) is 4. The van der Waals surface area contributed by atoms with Gasteiger partial charge in [0.2, 0.25) is 0 Å². The fourth-order valence-corrected chi connectivity index (χ4v) is 4.36. The minimum absolute atomic E-state index is 0.202. The van der Waals surface area contributed by atoms with Gasteiger partial charge in [-0.05, 0) is 68.8 Å². The summed E-state index contributed by atoms with van der Waals surface area (Å²) in [7, 11) is 0. The Labute approximate surface area is 233 Å². The highest BCUT2D eigenvalue weighted by atomic mass is 15.0. The van der Waals surface area contributed by atoms with Crippen LogP contribution in [0.1, 0.15) is 84.6 Å². The van der Waals surface area contributed by atoms with E-state index in [1.165, 1.54) is 22.3 Å². The van der Waals surface area contributed by atoms with E-state index in [1.54, 1.807) is 6.33 Å². The molecule has 3 aromatic heterocycles. The van der Waals surface area contributed by atoms with Crippen LogP contribution in [0.3, 0.4) is 0 Å². The number of aliphatic imine (C=N–C) groups is 1. The van der Waals surface area contributed by atoms with E-state index in [0.717, 1.165) is 28.8 Å². The Morgan fingerprint density at radius 3 is 2.03 bits per heavy atom. The number of benzene rings is 2. The Bertz CT molecular complexity index is 1500. The molecule has 5 heteroatoms. The van der Waals surface area contributed by atoms with E-state index in [0.29, 0.717) is 0 Å². The zero-order valence-electron chi connectivity index (χ0n) is 25.0. The molecule has 0 aliphatic carbocycles. The second-order valence-corrected chi connectivity index (χ2v) is 13.4. The van der Waals surface area contributed by atoms with E-state index < -0.39 is 0 Å². The monoisotopic (exact) mass is 521 g/mol. The van der Waals surface area contributed by atoms with E-state index in [2.05, 4.69) is 137 Å². The highest BCUT2D eigenvalue weighted by molar-refractivity contribution is 5.76. The number of aromatic nitrogens is 4. The van der Waals surface area contributed by atoms with Crippen LogP contribution in [0, 0.1) is 0 Å². The van der Waals surface area contributed by atoms with Crippen molar-refractivity contribution in [2.75, 3.05) is 0 Å². The van der Waals surface area contributed by atoms with Crippen LogP contribution in [0.2, 0.25) is 0 Å². The quantitative estimate of drug-likeness (QED) is 0.221. The normalized spacial score (nSPS) is 13.1. The fraction of sp³-hybridized carbons (Fsp3) is 0.382. The Kier molecular flexibility index (Phi) is 7.83. The highest BCUT2D eigenvalue weighted by Gasteiger charge is 2.17. The molecule has 6 rings (SSSR count). The molecule has 39 heavy (non-hydrogen) atoms. The summed E-state index contributed by atoms with van der Waals surface area (Å²) in [5.74, 6) is 0. The first-order valence-electron chi connectivity index (χ1n) is 13.7. The SMILES string of the molecule is CC(C)(C)c1ccc2c(c1)CC=N2.CC(C)(C)c1ccc2nc[nH]c2c1.CC(C)(C)c1ccn2ccnc2c1. The van der Waals surface area contributed by atoms with Crippen LogP contribution in [0.25, 0.3) is 16.7 Å². The lowest BCUT2D eigenvalue weighted by molar-refractivity contribution is 0.589. The van der Waals surface area contributed by atoms with Crippen molar-refractivity contribution in [2.24, 2.45) is 4.99 Å². The van der Waals surface area contributed by atoms with Gasteiger partial charge in [0.05, 0.1) is 23.0 Å². The fourth-order valence-electron chi connectivity index (χ4n) is 4.36. The maximum absolute atomic E-state index is 4.30. The molecule has 0 atom stereocenters. The van der Waals surface area contributed by atoms with E-state index >= 15 is 0 Å². The summed E-state index contributed by atoms with van der Waals surface area (Å²) in [5, 5.41) is 0. The van der Waals surface area contributed by atoms with Crippen molar-refractivity contribution in [1.82, 2.24) is 19.4 Å². The molecule has 5 aromatic rings. The molecule has 0 radical (unpaired) electrons. The first-order chi connectivity index (χ1) is 18.2. The van der Waals surface area contributed by atoms with E-state index in [9.17, 15) is 0 Å². The Morgan fingerprint density at radius 2 is 1.33 bits per heavy atom. The molecule has 2 aromatic carbocycles. The molecule has 0 spiro atoms. The smallest absolute Gasteiger partial charge is 0.136 e. The minimum atomic E-state index is 0.202. The van der Waals surface area contributed by atoms with Gasteiger partial charge in [-0.1, -0.05) is 80.5 Å². The zero-order valence-corrected chi connectivity index (χ0v) is 25.0. The van der Waals surface area contributed by atoms with Crippen molar-refractivity contribution >= 4 is 28.6 Å². The number of hydrogen-bond donors (Lipinski definition) is 1. The maximum Gasteiger partial charge on any atom is 0.136 e. The highest BCUT2D eigenvalue weighted by Crippen LogP contribution is 2.30. The molecule has 0 saturated heterocycles. The third-order valence-electron chi connectivity index (χ3n) is 7.04. The van der Waals surface area contributed by atoms with Crippen molar-refractivity contribution in [3.8, 4) is 0 Å². The first kappa shape index (κ1) is 28.3. The van der Waals surface area contributed by atoms with Gasteiger partial charge >= 0.3 is 0 Å². The zero-order chi connectivity index (χ0) is 28.4. The maximum atomic E-state index is 4.30. The van der Waals surface area contributed by atoms with Gasteiger partial charge in [0, 0.05) is 31.2 Å². The van der Waals surface area contributed by atoms with Crippen LogP contribution in [0.4, 0.5) is 5.69 Å². The molecule has 204 valence electrons. The van der Waals surface area contributed by atoms with Crippen LogP contribution in [-0.2, 0) is 22.7 Å². The average Bonchev–Trinajstić information content (AvgIpc) is 3.62. The third kappa shape index (κ3) is 7.03. The van der Waals surface area contributed by atoms with E-state index in [1.807, 2.05) is 23.0 Å². The van der Waals surface area contributed by atoms with Crippen LogP contribution >= 0.6 is 0 Å². The summed E-state index contributed by atoms with van der Waals surface area (Å²) in [5.41, 5.74) is 10.4. The minimum Gasteiger partial charge on any atom is -0.345 e. The molecule has 0 amide bonds. The van der Waals surface area contributed by atoms with Crippen LogP contribution in [0.5, 0.6) is 0 Å². The van der Waals surface area contributed by atoms with Crippen molar-refractivity contribution in [2.45, 2.75) is 85.0 Å². The number of imidazole rings is 2. The molecule has 0 bridgehead atoms. The third-order valence-corrected chi connectivity index (χ3v) is 7.04. The summed E-state index contributed by atoms with van der Waals surface area (Å²) in [4.78, 5) is 15.9. The van der Waals surface area contributed by atoms with Gasteiger partial charge in [0.1, 0.15) is 5.65 Å². The lowest BCUT2D eigenvalue weighted by Crippen LogP contribution is -2.11. The number of pyridine rings is 1. The van der Waals surface area contributed by atoms with Gasteiger partial charge in [-0.3, -0.25) is 4.99 Å². The largest absolute Gasteiger partial charge is 0.345 e. The number of nitrogens with one attached hydrogen (secondary N) is 1. The Hall–Kier alpha value is -3.73. The van der Waals surface area contributed by atoms with Gasteiger partial charge in [-0.2, -0.15) is 0 Å². The van der Waals surface area contributed by atoms with Gasteiger partial charge in [-0.25, -0.2) is 9.97 Å². The van der Waals surface area contributed by atoms with Crippen molar-refractivity contribution < 1.29 is 0 Å². The average molecular weight is 522 g/mol. The predicted octanol–water partition coefficient (Wildman–Crippen LogP) is 8.73. The molecule has 1 aliphatic heterocycles. The number of fused-ring (bicyclic) bond motifs is 3.